The van der Waals surface area contributed by atoms with E-state index in [9.17, 15) is 4.79 Å². The Kier molecular flexibility index (Phi) is 6.39. The highest BCUT2D eigenvalue weighted by Gasteiger charge is 2.23. The van der Waals surface area contributed by atoms with Gasteiger partial charge in [-0.05, 0) is 40.5 Å². The Hall–Kier alpha value is -2.65. The molecule has 1 fully saturated rings. The molecule has 2 N–H and O–H groups in total. The fourth-order valence-corrected chi connectivity index (χ4v) is 4.51. The number of fused-ring (bicyclic) bond motifs is 1. The van der Waals surface area contributed by atoms with Gasteiger partial charge in [-0.3, -0.25) is 4.79 Å². The second kappa shape index (κ2) is 9.07. The molecule has 3 aromatic rings. The van der Waals surface area contributed by atoms with Gasteiger partial charge in [0.2, 0.25) is 16.0 Å². The number of carbonyl (C=O) groups is 1. The lowest BCUT2D eigenvalue weighted by atomic mass is 10.1. The second-order valence-corrected chi connectivity index (χ2v) is 10.4. The lowest BCUT2D eigenvalue weighted by molar-refractivity contribution is -0.120. The molecule has 4 rings (SSSR count). The highest BCUT2D eigenvalue weighted by molar-refractivity contribution is 7.20. The zero-order chi connectivity index (χ0) is 22.9. The summed E-state index contributed by atoms with van der Waals surface area (Å²) in [5.74, 6) is 0.819. The standard InChI is InChI=1S/C23H32N6O2S/c1-15-8-10-16(11-9-15)19-20(26-23(2,3)4)29-21(25-19)32-22(27-29)28(5)14-18(30)24-13-17-7-6-12-31-17/h8-11,17,26H,6-7,12-14H2,1-5H3,(H,24,30). The van der Waals surface area contributed by atoms with Gasteiger partial charge in [-0.1, -0.05) is 41.2 Å². The Morgan fingerprint density at radius 2 is 2.06 bits per heavy atom. The topological polar surface area (TPSA) is 83.8 Å². The van der Waals surface area contributed by atoms with Crippen molar-refractivity contribution in [3.05, 3.63) is 29.8 Å². The van der Waals surface area contributed by atoms with Crippen molar-refractivity contribution in [3.8, 4) is 11.3 Å². The maximum atomic E-state index is 12.4. The van der Waals surface area contributed by atoms with Gasteiger partial charge >= 0.3 is 0 Å². The average Bonchev–Trinajstić information content (AvgIpc) is 3.44. The number of hydrogen-bond donors (Lipinski definition) is 2. The van der Waals surface area contributed by atoms with E-state index in [4.69, 9.17) is 14.8 Å². The van der Waals surface area contributed by atoms with Gasteiger partial charge in [-0.25, -0.2) is 4.98 Å². The Morgan fingerprint density at radius 1 is 1.31 bits per heavy atom. The third-order valence-electron chi connectivity index (χ3n) is 5.27. The molecule has 1 aliphatic heterocycles. The molecular weight excluding hydrogens is 424 g/mol. The van der Waals surface area contributed by atoms with Crippen LogP contribution in [0.2, 0.25) is 0 Å². The number of aromatic nitrogens is 3. The minimum absolute atomic E-state index is 0.0378. The summed E-state index contributed by atoms with van der Waals surface area (Å²) >= 11 is 1.47. The number of imidazole rings is 1. The van der Waals surface area contributed by atoms with E-state index >= 15 is 0 Å². The molecule has 0 aliphatic carbocycles. The van der Waals surface area contributed by atoms with Crippen LogP contribution in [0.4, 0.5) is 10.9 Å². The van der Waals surface area contributed by atoms with E-state index in [0.717, 1.165) is 46.6 Å². The van der Waals surface area contributed by atoms with Gasteiger partial charge in [-0.2, -0.15) is 4.52 Å². The molecule has 3 heterocycles. The molecule has 9 heteroatoms. The second-order valence-electron chi connectivity index (χ2n) is 9.42. The Morgan fingerprint density at radius 3 is 2.72 bits per heavy atom. The monoisotopic (exact) mass is 456 g/mol. The van der Waals surface area contributed by atoms with Crippen LogP contribution in [-0.4, -0.2) is 58.9 Å². The van der Waals surface area contributed by atoms with E-state index in [1.807, 2.05) is 16.5 Å². The molecule has 0 bridgehead atoms. The third-order valence-corrected chi connectivity index (χ3v) is 6.29. The first kappa shape index (κ1) is 22.5. The number of rotatable bonds is 7. The number of benzene rings is 1. The molecular formula is C23H32N6O2S. The number of amides is 1. The third kappa shape index (κ3) is 5.21. The van der Waals surface area contributed by atoms with Gasteiger partial charge in [0.1, 0.15) is 5.69 Å². The Balaban J connectivity index is 1.54. The summed E-state index contributed by atoms with van der Waals surface area (Å²) in [5.41, 5.74) is 2.97. The normalized spacial score (nSPS) is 16.5. The van der Waals surface area contributed by atoms with E-state index in [-0.39, 0.29) is 24.1 Å². The predicted octanol–water partition coefficient (Wildman–Crippen LogP) is 3.71. The van der Waals surface area contributed by atoms with Crippen molar-refractivity contribution in [2.45, 2.75) is 52.2 Å². The number of aryl methyl sites for hydroxylation is 1. The van der Waals surface area contributed by atoms with Crippen LogP contribution in [0, 0.1) is 6.92 Å². The first-order chi connectivity index (χ1) is 15.2. The number of hydrogen-bond acceptors (Lipinski definition) is 7. The predicted molar refractivity (Wildman–Crippen MR) is 130 cm³/mol. The van der Waals surface area contributed by atoms with Gasteiger partial charge in [0.05, 0.1) is 12.6 Å². The van der Waals surface area contributed by atoms with Crippen LogP contribution in [0.25, 0.3) is 16.2 Å². The molecule has 32 heavy (non-hydrogen) atoms. The van der Waals surface area contributed by atoms with Gasteiger partial charge in [0.25, 0.3) is 0 Å². The van der Waals surface area contributed by atoms with Crippen LogP contribution in [0.15, 0.2) is 24.3 Å². The summed E-state index contributed by atoms with van der Waals surface area (Å²) in [6, 6.07) is 8.35. The number of nitrogens with zero attached hydrogens (tertiary/aromatic N) is 4. The van der Waals surface area contributed by atoms with E-state index in [0.29, 0.717) is 6.54 Å². The van der Waals surface area contributed by atoms with Crippen molar-refractivity contribution in [2.24, 2.45) is 0 Å². The van der Waals surface area contributed by atoms with Crippen molar-refractivity contribution in [1.29, 1.82) is 0 Å². The number of carbonyl (C=O) groups excluding carboxylic acids is 1. The summed E-state index contributed by atoms with van der Waals surface area (Å²) in [6.07, 6.45) is 2.21. The van der Waals surface area contributed by atoms with Gasteiger partial charge in [0.15, 0.2) is 5.82 Å². The number of anilines is 2. The van der Waals surface area contributed by atoms with Crippen molar-refractivity contribution in [2.75, 3.05) is 37.0 Å². The number of likely N-dealkylation sites (N-methyl/N-ethyl adjacent to an activating group) is 1. The van der Waals surface area contributed by atoms with Gasteiger partial charge in [0, 0.05) is 31.3 Å². The molecule has 0 radical (unpaired) electrons. The van der Waals surface area contributed by atoms with Crippen molar-refractivity contribution >= 4 is 33.2 Å². The van der Waals surface area contributed by atoms with E-state index in [1.54, 1.807) is 0 Å². The van der Waals surface area contributed by atoms with Crippen molar-refractivity contribution < 1.29 is 9.53 Å². The largest absolute Gasteiger partial charge is 0.376 e. The molecule has 2 aromatic heterocycles. The van der Waals surface area contributed by atoms with Crippen LogP contribution < -0.4 is 15.5 Å². The van der Waals surface area contributed by atoms with E-state index in [2.05, 4.69) is 62.6 Å². The average molecular weight is 457 g/mol. The maximum absolute atomic E-state index is 12.4. The van der Waals surface area contributed by atoms with Crippen LogP contribution in [0.5, 0.6) is 0 Å². The Labute approximate surface area is 193 Å². The molecule has 1 amide bonds. The highest BCUT2D eigenvalue weighted by Crippen LogP contribution is 2.34. The highest BCUT2D eigenvalue weighted by atomic mass is 32.1. The van der Waals surface area contributed by atoms with E-state index < -0.39 is 0 Å². The summed E-state index contributed by atoms with van der Waals surface area (Å²) < 4.78 is 7.42. The van der Waals surface area contributed by atoms with E-state index in [1.165, 1.54) is 16.9 Å². The lowest BCUT2D eigenvalue weighted by Crippen LogP contribution is -2.38. The molecule has 1 atom stereocenters. The SMILES string of the molecule is Cc1ccc(-c2nc3sc(N(C)CC(=O)NCC4CCCO4)nn3c2NC(C)(C)C)cc1. The summed E-state index contributed by atoms with van der Waals surface area (Å²) in [6.45, 7) is 10.00. The molecule has 0 spiro atoms. The first-order valence-corrected chi connectivity index (χ1v) is 11.9. The zero-order valence-electron chi connectivity index (χ0n) is 19.4. The summed E-state index contributed by atoms with van der Waals surface area (Å²) in [5, 5.41) is 12.1. The van der Waals surface area contributed by atoms with Crippen LogP contribution in [0.3, 0.4) is 0 Å². The molecule has 1 unspecified atom stereocenters. The van der Waals surface area contributed by atoms with Crippen LogP contribution in [0.1, 0.15) is 39.2 Å². The molecule has 1 saturated heterocycles. The van der Waals surface area contributed by atoms with Gasteiger partial charge < -0.3 is 20.3 Å². The van der Waals surface area contributed by atoms with Crippen molar-refractivity contribution in [1.82, 2.24) is 19.9 Å². The van der Waals surface area contributed by atoms with Crippen LogP contribution >= 0.6 is 11.3 Å². The van der Waals surface area contributed by atoms with Gasteiger partial charge in [-0.15, -0.1) is 5.10 Å². The molecule has 8 nitrogen and oxygen atoms in total. The quantitative estimate of drug-likeness (QED) is 0.564. The fraction of sp³-hybridized carbons (Fsp3) is 0.522. The maximum Gasteiger partial charge on any atom is 0.239 e. The summed E-state index contributed by atoms with van der Waals surface area (Å²) in [7, 11) is 1.88. The molecule has 0 saturated carbocycles. The van der Waals surface area contributed by atoms with Crippen molar-refractivity contribution in [3.63, 3.8) is 0 Å². The lowest BCUT2D eigenvalue weighted by Gasteiger charge is -2.22. The fourth-order valence-electron chi connectivity index (χ4n) is 3.64. The molecule has 1 aliphatic rings. The minimum atomic E-state index is -0.159. The zero-order valence-corrected chi connectivity index (χ0v) is 20.3. The number of ether oxygens (including phenoxy) is 1. The smallest absolute Gasteiger partial charge is 0.239 e. The Bertz CT molecular complexity index is 1080. The minimum Gasteiger partial charge on any atom is -0.376 e. The summed E-state index contributed by atoms with van der Waals surface area (Å²) in [4.78, 5) is 19.9. The molecule has 1 aromatic carbocycles. The number of nitrogens with one attached hydrogen (secondary N) is 2. The first-order valence-electron chi connectivity index (χ1n) is 11.0. The molecule has 172 valence electrons. The van der Waals surface area contributed by atoms with Crippen LogP contribution in [-0.2, 0) is 9.53 Å².